The van der Waals surface area contributed by atoms with Crippen LogP contribution >= 0.6 is 34.9 Å². The number of carbonyl (C=O) groups is 3. The molecule has 7 rings (SSSR count). The van der Waals surface area contributed by atoms with Gasteiger partial charge in [0.25, 0.3) is 11.8 Å². The minimum atomic E-state index is -4.10. The SMILES string of the molecule is CC1=NC2=CN(CNS(=O)(=O)c3ccc(O)c(O)c3)NN2C(SCC2=C(C(=O)O)N3C(=O)C(NC(=O)/C(=N\OCc4ccc(O)c(O)c4F)c4csc(N)n4)C3SC2)=C1. The molecule has 0 bridgehead atoms. The van der Waals surface area contributed by atoms with Crippen molar-refractivity contribution >= 4 is 79.2 Å². The number of nitrogens with one attached hydrogen (secondary N) is 3. The van der Waals surface area contributed by atoms with Crippen LogP contribution in [0.1, 0.15) is 18.2 Å². The topological polar surface area (TPSA) is 305 Å². The molecule has 0 radical (unpaired) electrons. The maximum atomic E-state index is 14.4. The van der Waals surface area contributed by atoms with E-state index >= 15 is 0 Å². The number of aromatic nitrogens is 1. The lowest BCUT2D eigenvalue weighted by atomic mass is 10.0. The first-order chi connectivity index (χ1) is 28.0. The van der Waals surface area contributed by atoms with E-state index in [4.69, 9.17) is 10.6 Å². The van der Waals surface area contributed by atoms with Crippen LogP contribution < -0.4 is 21.3 Å². The number of thiazole rings is 1. The predicted molar refractivity (Wildman–Crippen MR) is 211 cm³/mol. The molecule has 2 unspecified atom stereocenters. The summed E-state index contributed by atoms with van der Waals surface area (Å²) in [7, 11) is -4.10. The van der Waals surface area contributed by atoms with E-state index in [2.05, 4.69) is 30.7 Å². The van der Waals surface area contributed by atoms with Gasteiger partial charge >= 0.3 is 5.97 Å². The number of oxime groups is 1. The van der Waals surface area contributed by atoms with Gasteiger partial charge in [-0.05, 0) is 42.8 Å². The second kappa shape index (κ2) is 16.3. The molecule has 5 heterocycles. The lowest BCUT2D eigenvalue weighted by molar-refractivity contribution is -0.150. The van der Waals surface area contributed by atoms with E-state index in [0.29, 0.717) is 22.1 Å². The number of rotatable bonds is 14. The van der Waals surface area contributed by atoms with E-state index in [-0.39, 0.29) is 45.2 Å². The molecule has 2 atom stereocenters. The number of hydrogen-bond acceptors (Lipinski definition) is 20. The number of β-lactam (4-membered cyclic amide) rings is 1. The van der Waals surface area contributed by atoms with Crippen molar-refractivity contribution in [2.45, 2.75) is 29.8 Å². The summed E-state index contributed by atoms with van der Waals surface area (Å²) in [6.45, 7) is 0.896. The highest BCUT2D eigenvalue weighted by atomic mass is 32.2. The minimum Gasteiger partial charge on any atom is -0.504 e. The zero-order chi connectivity index (χ0) is 42.3. The van der Waals surface area contributed by atoms with Crippen molar-refractivity contribution < 1.29 is 57.6 Å². The highest BCUT2D eigenvalue weighted by molar-refractivity contribution is 8.03. The van der Waals surface area contributed by atoms with Gasteiger partial charge in [-0.1, -0.05) is 5.16 Å². The number of amides is 2. The van der Waals surface area contributed by atoms with Crippen LogP contribution in [0.2, 0.25) is 0 Å². The zero-order valence-electron chi connectivity index (χ0n) is 30.1. The van der Waals surface area contributed by atoms with E-state index < -0.39 is 80.4 Å². The number of phenols is 4. The van der Waals surface area contributed by atoms with Gasteiger partial charge < -0.3 is 41.4 Å². The van der Waals surface area contributed by atoms with E-state index in [9.17, 15) is 52.7 Å². The van der Waals surface area contributed by atoms with Gasteiger partial charge in [-0.25, -0.2) is 32.6 Å². The van der Waals surface area contributed by atoms with E-state index in [1.54, 1.807) is 18.0 Å². The van der Waals surface area contributed by atoms with Gasteiger partial charge in [0.1, 0.15) is 29.4 Å². The van der Waals surface area contributed by atoms with Crippen LogP contribution in [0, 0.1) is 5.82 Å². The Morgan fingerprint density at radius 2 is 1.93 bits per heavy atom. The molecule has 1 fully saturated rings. The van der Waals surface area contributed by atoms with Crippen LogP contribution in [0.5, 0.6) is 23.0 Å². The Morgan fingerprint density at radius 1 is 1.17 bits per heavy atom. The molecular weight excluding hydrogens is 860 g/mol. The van der Waals surface area contributed by atoms with Crippen molar-refractivity contribution in [3.63, 3.8) is 0 Å². The second-order valence-electron chi connectivity index (χ2n) is 12.7. The smallest absolute Gasteiger partial charge is 0.352 e. The number of hydrazine groups is 2. The Bertz CT molecular complexity index is 2550. The van der Waals surface area contributed by atoms with Crippen LogP contribution in [0.15, 0.2) is 85.2 Å². The van der Waals surface area contributed by atoms with Crippen molar-refractivity contribution in [3.8, 4) is 23.0 Å². The number of fused-ring (bicyclic) bond motifs is 2. The van der Waals surface area contributed by atoms with Crippen molar-refractivity contribution in [2.24, 2.45) is 10.1 Å². The van der Waals surface area contributed by atoms with Gasteiger partial charge in [0, 0.05) is 34.2 Å². The first-order valence-corrected chi connectivity index (χ1v) is 21.2. The molecule has 21 nitrogen and oxygen atoms in total. The molecule has 1 aromatic heterocycles. The van der Waals surface area contributed by atoms with Crippen molar-refractivity contribution in [3.05, 3.63) is 87.2 Å². The highest BCUT2D eigenvalue weighted by Crippen LogP contribution is 2.42. The van der Waals surface area contributed by atoms with Crippen LogP contribution in [0.25, 0.3) is 0 Å². The predicted octanol–water partition coefficient (Wildman–Crippen LogP) is 1.17. The summed E-state index contributed by atoms with van der Waals surface area (Å²) < 4.78 is 42.4. The van der Waals surface area contributed by atoms with Crippen LogP contribution in [-0.2, 0) is 35.9 Å². The summed E-state index contributed by atoms with van der Waals surface area (Å²) in [4.78, 5) is 54.2. The third-order valence-corrected chi connectivity index (χ3v) is 13.2. The van der Waals surface area contributed by atoms with Crippen molar-refractivity contribution in [1.29, 1.82) is 0 Å². The third kappa shape index (κ3) is 8.30. The van der Waals surface area contributed by atoms with Gasteiger partial charge in [0.2, 0.25) is 10.0 Å². The van der Waals surface area contributed by atoms with E-state index in [0.717, 1.165) is 46.6 Å². The Balaban J connectivity index is 1.00. The van der Waals surface area contributed by atoms with Gasteiger partial charge in [0.05, 0.1) is 22.8 Å². The lowest BCUT2D eigenvalue weighted by Crippen LogP contribution is -2.71. The van der Waals surface area contributed by atoms with Gasteiger partial charge in [-0.3, -0.25) is 19.5 Å². The molecule has 0 spiro atoms. The summed E-state index contributed by atoms with van der Waals surface area (Å²) in [5.74, 6) is -6.22. The zero-order valence-corrected chi connectivity index (χ0v) is 33.3. The number of nitrogens with two attached hydrogens (primary N) is 1. The van der Waals surface area contributed by atoms with E-state index in [1.165, 1.54) is 40.1 Å². The molecule has 59 heavy (non-hydrogen) atoms. The van der Waals surface area contributed by atoms with Gasteiger partial charge in [-0.15, -0.1) is 40.4 Å². The maximum absolute atomic E-state index is 14.4. The second-order valence-corrected chi connectivity index (χ2v) is 17.4. The van der Waals surface area contributed by atoms with Crippen molar-refractivity contribution in [2.75, 3.05) is 23.9 Å². The van der Waals surface area contributed by atoms with Crippen LogP contribution in [0.3, 0.4) is 0 Å². The number of thioether (sulfide) groups is 2. The number of aromatic hydroxyl groups is 4. The molecule has 3 aromatic rings. The minimum absolute atomic E-state index is 0.0215. The number of carboxylic acid groups (broad SMARTS) is 1. The molecular formula is C33H31FN10O11S4. The van der Waals surface area contributed by atoms with Gasteiger partial charge in [0.15, 0.2) is 45.5 Å². The number of carboxylic acids is 1. The number of halogens is 1. The molecule has 310 valence electrons. The molecule has 4 aliphatic rings. The first kappa shape index (κ1) is 41.1. The standard InChI is InChI=1S/C33H31FN10O11S4/c1-14-6-23(44-22(37-14)8-42(41-44)13-36-59(53,54)17-3-5-19(45)21(47)7-17)56-10-16-11-57-31-26(30(50)43(31)27(16)32(51)52)39-29(49)25(18-12-58-33(35)38-18)40-55-9-15-2-4-20(46)28(48)24(15)34/h2-8,12,26,31,36,41,45-48H,9-11,13H2,1H3,(H2,35,38)(H,39,49)(H,51,52)/b40-25-. The maximum Gasteiger partial charge on any atom is 0.352 e. The Labute approximate surface area is 345 Å². The average Bonchev–Trinajstić information content (AvgIpc) is 3.82. The number of aliphatic carboxylic acids is 1. The number of anilines is 1. The average molecular weight is 891 g/mol. The number of aliphatic imine (C=N–C) groups is 1. The normalized spacial score (nSPS) is 19.1. The van der Waals surface area contributed by atoms with Crippen molar-refractivity contribution in [1.82, 2.24) is 35.5 Å². The summed E-state index contributed by atoms with van der Waals surface area (Å²) in [5.41, 5.74) is 8.87. The quantitative estimate of drug-likeness (QED) is 0.0475. The largest absolute Gasteiger partial charge is 0.504 e. The van der Waals surface area contributed by atoms with Crippen LogP contribution in [-0.4, -0.2) is 113 Å². The molecule has 26 heteroatoms. The molecule has 0 saturated carbocycles. The number of nitrogens with zero attached hydrogens (tertiary/aromatic N) is 6. The van der Waals surface area contributed by atoms with Crippen LogP contribution in [0.4, 0.5) is 9.52 Å². The monoisotopic (exact) mass is 890 g/mol. The Kier molecular flexibility index (Phi) is 11.4. The fraction of sp³-hybridized carbons (Fsp3) is 0.212. The number of allylic oxidation sites excluding steroid dienone is 1. The van der Waals surface area contributed by atoms with Gasteiger partial charge in [-0.2, -0.15) is 4.72 Å². The number of benzene rings is 2. The molecule has 4 aliphatic heterocycles. The summed E-state index contributed by atoms with van der Waals surface area (Å²) in [5, 5.41) is 59.3. The molecule has 2 amide bonds. The summed E-state index contributed by atoms with van der Waals surface area (Å²) in [6.07, 6.45) is 3.27. The summed E-state index contributed by atoms with van der Waals surface area (Å²) in [6, 6.07) is 4.09. The lowest BCUT2D eigenvalue weighted by Gasteiger charge is -2.49. The molecule has 1 saturated heterocycles. The number of nitrogen functional groups attached to an aromatic ring is 1. The number of phenolic OH excluding ortho intramolecular Hbond substituents is 4. The number of sulfonamides is 1. The highest BCUT2D eigenvalue weighted by Gasteiger charge is 2.54. The molecule has 2 aromatic carbocycles. The Hall–Kier alpha value is -6.06. The fourth-order valence-corrected chi connectivity index (χ4v) is 9.93. The van der Waals surface area contributed by atoms with E-state index in [1.807, 2.05) is 0 Å². The Morgan fingerprint density at radius 3 is 2.64 bits per heavy atom. The fourth-order valence-electron chi connectivity index (χ4n) is 5.84. The summed E-state index contributed by atoms with van der Waals surface area (Å²) >= 11 is 3.44. The third-order valence-electron chi connectivity index (χ3n) is 8.72. The number of carbonyl (C=O) groups excluding carboxylic acids is 2. The molecule has 10 N–H and O–H groups in total. The molecule has 0 aliphatic carbocycles. The number of hydrogen-bond donors (Lipinski definition) is 9. The first-order valence-electron chi connectivity index (χ1n) is 16.8.